The molecule has 17 heavy (non-hydrogen) atoms. The van der Waals surface area contributed by atoms with Gasteiger partial charge in [-0.1, -0.05) is 13.8 Å². The summed E-state index contributed by atoms with van der Waals surface area (Å²) < 4.78 is 0. The van der Waals surface area contributed by atoms with Gasteiger partial charge in [0.2, 0.25) is 5.91 Å². The van der Waals surface area contributed by atoms with Gasteiger partial charge in [-0.15, -0.1) is 0 Å². The Morgan fingerprint density at radius 2 is 2.24 bits per heavy atom. The van der Waals surface area contributed by atoms with Gasteiger partial charge in [-0.05, 0) is 5.92 Å². The van der Waals surface area contributed by atoms with Crippen molar-refractivity contribution in [1.29, 1.82) is 0 Å². The Labute approximate surface area is 97.8 Å². The minimum Gasteiger partial charge on any atom is -0.368 e. The average Bonchev–Trinajstić information content (AvgIpc) is 2.73. The van der Waals surface area contributed by atoms with Gasteiger partial charge in [0.05, 0.1) is 11.6 Å². The van der Waals surface area contributed by atoms with Crippen LogP contribution in [0.4, 0.5) is 5.82 Å². The summed E-state index contributed by atoms with van der Waals surface area (Å²) in [5.74, 6) is 0.223. The number of hydrogen-bond donors (Lipinski definition) is 3. The van der Waals surface area contributed by atoms with Crippen LogP contribution in [-0.2, 0) is 4.79 Å². The first-order valence-corrected chi connectivity index (χ1v) is 5.29. The summed E-state index contributed by atoms with van der Waals surface area (Å²) in [5, 5.41) is 10.4. The number of aromatic nitrogens is 4. The van der Waals surface area contributed by atoms with Gasteiger partial charge in [0.1, 0.15) is 18.2 Å². The van der Waals surface area contributed by atoms with E-state index in [9.17, 15) is 4.79 Å². The number of nitrogens with zero attached hydrogens (tertiary/aromatic N) is 3. The molecule has 1 amide bonds. The molecule has 0 fully saturated rings. The lowest BCUT2D eigenvalue weighted by atomic mass is 10.0. The van der Waals surface area contributed by atoms with Crippen molar-refractivity contribution in [3.05, 3.63) is 12.5 Å². The molecule has 2 aromatic heterocycles. The van der Waals surface area contributed by atoms with E-state index in [0.29, 0.717) is 11.5 Å². The number of carbonyl (C=O) groups is 1. The lowest BCUT2D eigenvalue weighted by Gasteiger charge is -2.19. The molecule has 0 saturated carbocycles. The summed E-state index contributed by atoms with van der Waals surface area (Å²) in [5.41, 5.74) is 5.96. The SMILES string of the molecule is CC(C)C(Nc1ncnc2[nH]ncc12)C(N)=O. The highest BCUT2D eigenvalue weighted by molar-refractivity contribution is 5.89. The van der Waals surface area contributed by atoms with E-state index in [1.165, 1.54) is 6.33 Å². The monoisotopic (exact) mass is 234 g/mol. The average molecular weight is 234 g/mol. The molecular formula is C10H14N6O. The molecule has 7 heteroatoms. The molecule has 2 aromatic rings. The van der Waals surface area contributed by atoms with Crippen molar-refractivity contribution in [3.63, 3.8) is 0 Å². The summed E-state index contributed by atoms with van der Waals surface area (Å²) in [6.07, 6.45) is 3.01. The van der Waals surface area contributed by atoms with Gasteiger partial charge in [0.15, 0.2) is 5.65 Å². The number of primary amides is 1. The van der Waals surface area contributed by atoms with Crippen molar-refractivity contribution in [2.24, 2.45) is 11.7 Å². The molecule has 4 N–H and O–H groups in total. The molecule has 0 aromatic carbocycles. The number of H-pyrrole nitrogens is 1. The Morgan fingerprint density at radius 3 is 2.88 bits per heavy atom. The number of aromatic amines is 1. The van der Waals surface area contributed by atoms with Gasteiger partial charge >= 0.3 is 0 Å². The third kappa shape index (κ3) is 2.17. The Morgan fingerprint density at radius 1 is 1.47 bits per heavy atom. The molecule has 90 valence electrons. The topological polar surface area (TPSA) is 110 Å². The van der Waals surface area contributed by atoms with Crippen LogP contribution in [0.15, 0.2) is 12.5 Å². The Kier molecular flexibility index (Phi) is 2.90. The van der Waals surface area contributed by atoms with Crippen LogP contribution in [-0.4, -0.2) is 32.1 Å². The zero-order valence-electron chi connectivity index (χ0n) is 9.64. The number of anilines is 1. The standard InChI is InChI=1S/C10H14N6O/c1-5(2)7(8(11)17)15-9-6-3-14-16-10(6)13-4-12-9/h3-5,7H,1-2H3,(H2,11,17)(H2,12,13,14,15,16). The first kappa shape index (κ1) is 11.3. The maximum Gasteiger partial charge on any atom is 0.240 e. The minimum absolute atomic E-state index is 0.0735. The first-order chi connectivity index (χ1) is 8.09. The van der Waals surface area contributed by atoms with Crippen molar-refractivity contribution in [2.45, 2.75) is 19.9 Å². The molecule has 1 unspecified atom stereocenters. The zero-order chi connectivity index (χ0) is 12.4. The van der Waals surface area contributed by atoms with Gasteiger partial charge in [-0.2, -0.15) is 5.10 Å². The Bertz CT molecular complexity index is 534. The van der Waals surface area contributed by atoms with Crippen LogP contribution < -0.4 is 11.1 Å². The molecule has 0 aliphatic heterocycles. The largest absolute Gasteiger partial charge is 0.368 e. The highest BCUT2D eigenvalue weighted by Crippen LogP contribution is 2.18. The first-order valence-electron chi connectivity index (χ1n) is 5.29. The van der Waals surface area contributed by atoms with E-state index in [1.807, 2.05) is 13.8 Å². The van der Waals surface area contributed by atoms with Gasteiger partial charge in [-0.25, -0.2) is 9.97 Å². The summed E-state index contributed by atoms with van der Waals surface area (Å²) >= 11 is 0. The summed E-state index contributed by atoms with van der Waals surface area (Å²) in [7, 11) is 0. The van der Waals surface area contributed by atoms with Crippen molar-refractivity contribution in [1.82, 2.24) is 20.2 Å². The Hall–Kier alpha value is -2.18. The van der Waals surface area contributed by atoms with E-state index < -0.39 is 11.9 Å². The lowest BCUT2D eigenvalue weighted by molar-refractivity contribution is -0.119. The molecule has 0 bridgehead atoms. The van der Waals surface area contributed by atoms with Gasteiger partial charge in [-0.3, -0.25) is 9.89 Å². The van der Waals surface area contributed by atoms with E-state index in [1.54, 1.807) is 6.20 Å². The van der Waals surface area contributed by atoms with Crippen LogP contribution in [0.2, 0.25) is 0 Å². The molecule has 0 saturated heterocycles. The summed E-state index contributed by atoms with van der Waals surface area (Å²) in [6.45, 7) is 3.83. The van der Waals surface area contributed by atoms with Gasteiger partial charge in [0.25, 0.3) is 0 Å². The fourth-order valence-corrected chi connectivity index (χ4v) is 1.59. The van der Waals surface area contributed by atoms with Crippen LogP contribution in [0.1, 0.15) is 13.8 Å². The normalized spacial score (nSPS) is 12.9. The smallest absolute Gasteiger partial charge is 0.240 e. The second-order valence-corrected chi connectivity index (χ2v) is 4.12. The van der Waals surface area contributed by atoms with E-state index in [-0.39, 0.29) is 5.92 Å². The van der Waals surface area contributed by atoms with Crippen LogP contribution in [0.5, 0.6) is 0 Å². The maximum absolute atomic E-state index is 11.3. The van der Waals surface area contributed by atoms with E-state index >= 15 is 0 Å². The van der Waals surface area contributed by atoms with Crippen LogP contribution in [0, 0.1) is 5.92 Å². The second-order valence-electron chi connectivity index (χ2n) is 4.12. The van der Waals surface area contributed by atoms with Gasteiger partial charge in [0, 0.05) is 0 Å². The van der Waals surface area contributed by atoms with Crippen LogP contribution in [0.25, 0.3) is 11.0 Å². The van der Waals surface area contributed by atoms with E-state index in [0.717, 1.165) is 5.39 Å². The number of amides is 1. The quantitative estimate of drug-likeness (QED) is 0.703. The highest BCUT2D eigenvalue weighted by Gasteiger charge is 2.20. The molecule has 1 atom stereocenters. The zero-order valence-corrected chi connectivity index (χ0v) is 9.64. The van der Waals surface area contributed by atoms with Crippen molar-refractivity contribution in [2.75, 3.05) is 5.32 Å². The molecule has 0 spiro atoms. The molecule has 7 nitrogen and oxygen atoms in total. The number of rotatable bonds is 4. The number of fused-ring (bicyclic) bond motifs is 1. The fourth-order valence-electron chi connectivity index (χ4n) is 1.59. The maximum atomic E-state index is 11.3. The minimum atomic E-state index is -0.469. The fraction of sp³-hybridized carbons (Fsp3) is 0.400. The third-order valence-corrected chi connectivity index (χ3v) is 2.51. The third-order valence-electron chi connectivity index (χ3n) is 2.51. The molecule has 2 heterocycles. The molecule has 2 rings (SSSR count). The second kappa shape index (κ2) is 4.36. The molecule has 0 radical (unpaired) electrons. The van der Waals surface area contributed by atoms with E-state index in [4.69, 9.17) is 5.73 Å². The summed E-state index contributed by atoms with van der Waals surface area (Å²) in [6, 6.07) is -0.469. The van der Waals surface area contributed by atoms with Crippen LogP contribution in [0.3, 0.4) is 0 Å². The summed E-state index contributed by atoms with van der Waals surface area (Å²) in [4.78, 5) is 19.4. The van der Waals surface area contributed by atoms with Crippen molar-refractivity contribution >= 4 is 22.8 Å². The number of nitrogens with two attached hydrogens (primary N) is 1. The highest BCUT2D eigenvalue weighted by atomic mass is 16.1. The van der Waals surface area contributed by atoms with Crippen molar-refractivity contribution < 1.29 is 4.79 Å². The lowest BCUT2D eigenvalue weighted by Crippen LogP contribution is -2.39. The molecular weight excluding hydrogens is 220 g/mol. The van der Waals surface area contributed by atoms with Gasteiger partial charge < -0.3 is 11.1 Å². The number of nitrogens with one attached hydrogen (secondary N) is 2. The number of carbonyl (C=O) groups excluding carboxylic acids is 1. The Balaban J connectivity index is 2.34. The van der Waals surface area contributed by atoms with E-state index in [2.05, 4.69) is 25.5 Å². The van der Waals surface area contributed by atoms with Crippen LogP contribution >= 0.6 is 0 Å². The predicted molar refractivity (Wildman–Crippen MR) is 63.1 cm³/mol. The number of hydrogen-bond acceptors (Lipinski definition) is 5. The molecule has 0 aliphatic rings. The van der Waals surface area contributed by atoms with Crippen molar-refractivity contribution in [3.8, 4) is 0 Å². The molecule has 0 aliphatic carbocycles. The predicted octanol–water partition coefficient (Wildman–Crippen LogP) is 0.275.